The molecule has 0 saturated carbocycles. The van der Waals surface area contributed by atoms with E-state index in [1.54, 1.807) is 0 Å². The maximum absolute atomic E-state index is 9.55. The summed E-state index contributed by atoms with van der Waals surface area (Å²) in [7, 11) is 0. The Balaban J connectivity index is 1.82. The second-order valence-electron chi connectivity index (χ2n) is 5.61. The van der Waals surface area contributed by atoms with E-state index in [4.69, 9.17) is 17.1 Å². The molecule has 2 aromatic rings. The van der Waals surface area contributed by atoms with Gasteiger partial charge in [-0.1, -0.05) is 54.1 Å². The van der Waals surface area contributed by atoms with Crippen LogP contribution in [0.25, 0.3) is 0 Å². The van der Waals surface area contributed by atoms with E-state index in [-0.39, 0.29) is 6.04 Å². The minimum absolute atomic E-state index is 0.00220. The monoisotopic (exact) mass is 334 g/mol. The van der Waals surface area contributed by atoms with Crippen LogP contribution in [-0.2, 0) is 0 Å². The van der Waals surface area contributed by atoms with Gasteiger partial charge in [0.05, 0.1) is 15.3 Å². The van der Waals surface area contributed by atoms with E-state index in [0.717, 1.165) is 11.1 Å². The number of piperazine rings is 1. The van der Waals surface area contributed by atoms with Crippen molar-refractivity contribution in [2.45, 2.75) is 6.04 Å². The van der Waals surface area contributed by atoms with E-state index in [1.807, 2.05) is 42.5 Å². The van der Waals surface area contributed by atoms with Gasteiger partial charge >= 0.3 is 0 Å². The Bertz CT molecular complexity index is 745. The summed E-state index contributed by atoms with van der Waals surface area (Å²) in [6.07, 6.45) is 0. The topological polar surface area (TPSA) is 26.7 Å². The number of β-amino-alcohol motifs (C(OH)–C–C–N with tert-alkyl or cyclic N) is 1. The summed E-state index contributed by atoms with van der Waals surface area (Å²) in [5.41, 5.74) is 2.23. The van der Waals surface area contributed by atoms with Crippen LogP contribution in [0, 0.1) is 0 Å². The first-order valence-corrected chi connectivity index (χ1v) is 8.10. The van der Waals surface area contributed by atoms with E-state index >= 15 is 0 Å². The molecule has 0 bridgehead atoms. The fourth-order valence-corrected chi connectivity index (χ4v) is 3.18. The van der Waals surface area contributed by atoms with E-state index in [1.165, 1.54) is 4.90 Å². The molecule has 1 unspecified atom stereocenters. The molecule has 3 rings (SSSR count). The highest BCUT2D eigenvalue weighted by molar-refractivity contribution is 6.30. The third-order valence-electron chi connectivity index (χ3n) is 4.19. The number of benzene rings is 2. The zero-order valence-corrected chi connectivity index (χ0v) is 13.6. The van der Waals surface area contributed by atoms with Gasteiger partial charge in [0.2, 0.25) is 0 Å². The van der Waals surface area contributed by atoms with Crippen molar-refractivity contribution in [3.63, 3.8) is 0 Å². The average molecular weight is 335 g/mol. The van der Waals surface area contributed by atoms with Crippen molar-refractivity contribution in [2.24, 2.45) is 0 Å². The quantitative estimate of drug-likeness (QED) is 0.910. The van der Waals surface area contributed by atoms with Crippen molar-refractivity contribution in [1.29, 1.82) is 0 Å². The van der Waals surface area contributed by atoms with Gasteiger partial charge in [-0.3, -0.25) is 9.80 Å². The van der Waals surface area contributed by atoms with Crippen LogP contribution >= 0.6 is 11.6 Å². The van der Waals surface area contributed by atoms with Crippen molar-refractivity contribution >= 4 is 11.6 Å². The summed E-state index contributed by atoms with van der Waals surface area (Å²) in [4.78, 5) is 3.62. The molecule has 1 atom stereocenters. The van der Waals surface area contributed by atoms with Gasteiger partial charge in [0.25, 0.3) is 0 Å². The van der Waals surface area contributed by atoms with Gasteiger partial charge in [-0.25, -0.2) is 0 Å². The summed E-state index contributed by atoms with van der Waals surface area (Å²) in [6, 6.07) is 17.8. The second-order valence-corrected chi connectivity index (χ2v) is 6.05. The van der Waals surface area contributed by atoms with Gasteiger partial charge in [0, 0.05) is 40.4 Å². The number of hydrogen-bond acceptors (Lipinski definition) is 3. The smallest absolute Gasteiger partial charge is 0.0602 e. The molecule has 0 radical (unpaired) electrons. The molecule has 3 nitrogen and oxygen atoms in total. The maximum atomic E-state index is 9.55. The Morgan fingerprint density at radius 3 is 2.17 bits per heavy atom. The van der Waals surface area contributed by atoms with Gasteiger partial charge in [-0.2, -0.15) is 0 Å². The molecule has 0 aliphatic carbocycles. The first kappa shape index (κ1) is 12.0. The van der Waals surface area contributed by atoms with Crippen LogP contribution in [0.15, 0.2) is 54.6 Å². The lowest BCUT2D eigenvalue weighted by Crippen LogP contribution is -2.48. The Morgan fingerprint density at radius 2 is 1.57 bits per heavy atom. The molecule has 1 fully saturated rings. The molecule has 1 heterocycles. The van der Waals surface area contributed by atoms with E-state index < -0.39 is 13.1 Å². The van der Waals surface area contributed by atoms with Crippen molar-refractivity contribution in [2.75, 3.05) is 39.2 Å². The first-order valence-electron chi connectivity index (χ1n) is 9.72. The normalized spacial score (nSPS) is 21.8. The minimum atomic E-state index is -2.91. The predicted molar refractivity (Wildman–Crippen MR) is 94.8 cm³/mol. The molecule has 1 N–H and O–H groups in total. The second kappa shape index (κ2) is 7.93. The van der Waals surface area contributed by atoms with E-state index in [9.17, 15) is 5.11 Å². The lowest BCUT2D eigenvalue weighted by Gasteiger charge is -2.39. The molecule has 0 aromatic heterocycles. The average Bonchev–Trinajstić information content (AvgIpc) is 2.64. The van der Waals surface area contributed by atoms with Crippen LogP contribution in [0.5, 0.6) is 0 Å². The largest absolute Gasteiger partial charge is 0.395 e. The molecule has 1 aliphatic rings. The summed E-state index contributed by atoms with van der Waals surface area (Å²) < 4.78 is 30.6. The van der Waals surface area contributed by atoms with E-state index in [2.05, 4.69) is 17.0 Å². The molecule has 0 spiro atoms. The van der Waals surface area contributed by atoms with Crippen LogP contribution in [0.1, 0.15) is 22.7 Å². The van der Waals surface area contributed by atoms with E-state index in [0.29, 0.717) is 31.2 Å². The number of hydrogen-bond donors (Lipinski definition) is 1. The zero-order chi connectivity index (χ0) is 19.7. The molecule has 122 valence electrons. The number of aliphatic hydroxyl groups is 1. The van der Waals surface area contributed by atoms with Crippen LogP contribution < -0.4 is 0 Å². The first-order chi connectivity index (χ1) is 12.7. The molecule has 0 amide bonds. The van der Waals surface area contributed by atoms with Crippen molar-refractivity contribution in [3.05, 3.63) is 70.7 Å². The van der Waals surface area contributed by atoms with Crippen LogP contribution in [-0.4, -0.2) is 54.1 Å². The fourth-order valence-electron chi connectivity index (χ4n) is 3.06. The van der Waals surface area contributed by atoms with Crippen LogP contribution in [0.4, 0.5) is 0 Å². The number of rotatable bonds is 5. The van der Waals surface area contributed by atoms with Crippen LogP contribution in [0.2, 0.25) is 5.02 Å². The molecule has 1 saturated heterocycles. The summed E-state index contributed by atoms with van der Waals surface area (Å²) in [5, 5.41) is 10.2. The highest BCUT2D eigenvalue weighted by Gasteiger charge is 2.26. The molecule has 2 aromatic carbocycles. The highest BCUT2D eigenvalue weighted by atomic mass is 35.5. The SMILES string of the molecule is [2H]C([2H])(O)C([2H])([2H])N1CCN(C(c2ccccc2)c2ccc(Cl)cc2)CC1. The fraction of sp³-hybridized carbons (Fsp3) is 0.368. The lowest BCUT2D eigenvalue weighted by atomic mass is 9.96. The Morgan fingerprint density at radius 1 is 0.957 bits per heavy atom. The maximum Gasteiger partial charge on any atom is 0.0602 e. The predicted octanol–water partition coefficient (Wildman–Crippen LogP) is 3.04. The molecular weight excluding hydrogens is 308 g/mol. The molecule has 1 aliphatic heterocycles. The van der Waals surface area contributed by atoms with Gasteiger partial charge in [-0.05, 0) is 23.3 Å². The molecular formula is C19H23ClN2O. The third-order valence-corrected chi connectivity index (χ3v) is 4.44. The summed E-state index contributed by atoms with van der Waals surface area (Å²) in [5.74, 6) is 0. The van der Waals surface area contributed by atoms with Crippen molar-refractivity contribution < 1.29 is 10.6 Å². The lowest BCUT2D eigenvalue weighted by molar-refractivity contribution is 0.0945. The standard InChI is InChI=1S/C19H23ClN2O/c20-18-8-6-17(7-9-18)19(16-4-2-1-3-5-16)22-12-10-21(11-13-22)14-15-23/h1-9,19,23H,10-15H2/i14D2,15D2. The highest BCUT2D eigenvalue weighted by Crippen LogP contribution is 2.30. The van der Waals surface area contributed by atoms with Crippen molar-refractivity contribution in [3.8, 4) is 0 Å². The van der Waals surface area contributed by atoms with Gasteiger partial charge in [0.15, 0.2) is 0 Å². The Kier molecular flexibility index (Phi) is 4.15. The molecule has 4 heteroatoms. The number of nitrogens with zero attached hydrogens (tertiary/aromatic N) is 2. The minimum Gasteiger partial charge on any atom is -0.395 e. The molecule has 23 heavy (non-hydrogen) atoms. The van der Waals surface area contributed by atoms with Crippen molar-refractivity contribution in [1.82, 2.24) is 9.80 Å². The Hall–Kier alpha value is -1.39. The van der Waals surface area contributed by atoms with Gasteiger partial charge in [0.1, 0.15) is 0 Å². The zero-order valence-electron chi connectivity index (χ0n) is 16.8. The summed E-state index contributed by atoms with van der Waals surface area (Å²) >= 11 is 6.04. The number of halogens is 1. The van der Waals surface area contributed by atoms with Gasteiger partial charge in [-0.15, -0.1) is 0 Å². The summed E-state index contributed by atoms with van der Waals surface area (Å²) in [6.45, 7) is -3.59. The third kappa shape index (κ3) is 4.12. The Labute approximate surface area is 148 Å². The van der Waals surface area contributed by atoms with Crippen LogP contribution in [0.3, 0.4) is 0 Å². The van der Waals surface area contributed by atoms with Gasteiger partial charge < -0.3 is 5.11 Å².